The Labute approximate surface area is 142 Å². The molecule has 0 aliphatic carbocycles. The highest BCUT2D eigenvalue weighted by atomic mass is 127. The van der Waals surface area contributed by atoms with Crippen molar-refractivity contribution in [3.8, 4) is 0 Å². The molecule has 1 aromatic carbocycles. The summed E-state index contributed by atoms with van der Waals surface area (Å²) in [6.07, 6.45) is 1.14. The second-order valence-electron chi connectivity index (χ2n) is 4.87. The molecule has 22 heavy (non-hydrogen) atoms. The Balaban J connectivity index is 2.35. The van der Waals surface area contributed by atoms with Crippen LogP contribution in [0.5, 0.6) is 0 Å². The number of carbonyl (C=O) groups excluding carboxylic acids is 1. The van der Waals surface area contributed by atoms with Gasteiger partial charge in [-0.15, -0.1) is 0 Å². The van der Waals surface area contributed by atoms with Gasteiger partial charge in [0.25, 0.3) is 0 Å². The van der Waals surface area contributed by atoms with Crippen LogP contribution in [0.4, 0.5) is 0 Å². The summed E-state index contributed by atoms with van der Waals surface area (Å²) in [6.45, 7) is 0. The molecule has 7 heteroatoms. The summed E-state index contributed by atoms with van der Waals surface area (Å²) in [5.74, 6) is -2.67. The molecule has 0 saturated carbocycles. The minimum Gasteiger partial charge on any atom is -0.481 e. The second kappa shape index (κ2) is 9.39. The molecule has 0 radical (unpaired) electrons. The molecule has 1 rings (SSSR count). The highest BCUT2D eigenvalue weighted by molar-refractivity contribution is 14.1. The first-order valence-electron chi connectivity index (χ1n) is 6.87. The number of aliphatic carboxylic acids is 2. The third-order valence-corrected chi connectivity index (χ3v) is 3.78. The van der Waals surface area contributed by atoms with Gasteiger partial charge in [-0.1, -0.05) is 12.1 Å². The highest BCUT2D eigenvalue weighted by Crippen LogP contribution is 2.09. The first-order valence-corrected chi connectivity index (χ1v) is 7.94. The number of benzene rings is 1. The van der Waals surface area contributed by atoms with Gasteiger partial charge in [-0.3, -0.25) is 9.59 Å². The number of nitrogens with one attached hydrogen (secondary N) is 1. The molecular formula is C15H18INO5. The minimum atomic E-state index is -1.22. The lowest BCUT2D eigenvalue weighted by Gasteiger charge is -2.13. The fraction of sp³-hybridized carbons (Fsp3) is 0.400. The summed E-state index contributed by atoms with van der Waals surface area (Å²) >= 11 is 2.21. The van der Waals surface area contributed by atoms with E-state index in [-0.39, 0.29) is 25.2 Å². The fourth-order valence-electron chi connectivity index (χ4n) is 1.90. The van der Waals surface area contributed by atoms with Crippen molar-refractivity contribution in [3.05, 3.63) is 33.4 Å². The van der Waals surface area contributed by atoms with Gasteiger partial charge in [-0.05, 0) is 59.5 Å². The van der Waals surface area contributed by atoms with E-state index in [2.05, 4.69) is 27.9 Å². The summed E-state index contributed by atoms with van der Waals surface area (Å²) in [4.78, 5) is 33.1. The first kappa shape index (κ1) is 18.4. The van der Waals surface area contributed by atoms with Crippen LogP contribution < -0.4 is 5.32 Å². The van der Waals surface area contributed by atoms with Crippen LogP contribution in [0.1, 0.15) is 31.2 Å². The predicted octanol–water partition coefficient (Wildman–Crippen LogP) is 2.05. The molecule has 0 aliphatic heterocycles. The number of amides is 1. The number of carboxylic acids is 2. The summed E-state index contributed by atoms with van der Waals surface area (Å²) in [7, 11) is 0. The molecule has 120 valence electrons. The Morgan fingerprint density at radius 3 is 2.27 bits per heavy atom. The molecule has 0 heterocycles. The van der Waals surface area contributed by atoms with Crippen molar-refractivity contribution in [3.63, 3.8) is 0 Å². The van der Waals surface area contributed by atoms with Gasteiger partial charge in [0.1, 0.15) is 6.04 Å². The first-order chi connectivity index (χ1) is 10.4. The fourth-order valence-corrected chi connectivity index (χ4v) is 2.26. The Kier molecular flexibility index (Phi) is 7.86. The van der Waals surface area contributed by atoms with E-state index in [0.717, 1.165) is 15.6 Å². The van der Waals surface area contributed by atoms with Gasteiger partial charge < -0.3 is 15.5 Å². The lowest BCUT2D eigenvalue weighted by molar-refractivity contribution is -0.143. The van der Waals surface area contributed by atoms with Crippen LogP contribution in [0.3, 0.4) is 0 Å². The topological polar surface area (TPSA) is 104 Å². The Morgan fingerprint density at radius 2 is 1.73 bits per heavy atom. The smallest absolute Gasteiger partial charge is 0.326 e. The SMILES string of the molecule is O=C(O)CC[C@H](NC(=O)CCCc1ccc(I)cc1)C(=O)O. The second-order valence-corrected chi connectivity index (χ2v) is 6.12. The lowest BCUT2D eigenvalue weighted by Crippen LogP contribution is -2.41. The Morgan fingerprint density at radius 1 is 1.09 bits per heavy atom. The summed E-state index contributed by atoms with van der Waals surface area (Å²) in [6, 6.07) is 6.81. The third kappa shape index (κ3) is 7.39. The quantitative estimate of drug-likeness (QED) is 0.532. The normalized spacial score (nSPS) is 11.7. The Hall–Kier alpha value is -1.64. The minimum absolute atomic E-state index is 0.118. The molecule has 0 unspecified atom stereocenters. The van der Waals surface area contributed by atoms with E-state index in [1.807, 2.05) is 24.3 Å². The molecule has 0 spiro atoms. The van der Waals surface area contributed by atoms with Crippen LogP contribution in [0, 0.1) is 3.57 Å². The Bertz CT molecular complexity index is 529. The van der Waals surface area contributed by atoms with Crippen LogP contribution in [0.25, 0.3) is 0 Å². The zero-order chi connectivity index (χ0) is 16.5. The highest BCUT2D eigenvalue weighted by Gasteiger charge is 2.20. The largest absolute Gasteiger partial charge is 0.481 e. The van der Waals surface area contributed by atoms with E-state index < -0.39 is 18.0 Å². The average molecular weight is 419 g/mol. The molecule has 1 atom stereocenters. The molecule has 3 N–H and O–H groups in total. The van der Waals surface area contributed by atoms with Crippen LogP contribution in [0.15, 0.2) is 24.3 Å². The number of hydrogen-bond acceptors (Lipinski definition) is 3. The van der Waals surface area contributed by atoms with E-state index in [1.165, 1.54) is 0 Å². The zero-order valence-electron chi connectivity index (χ0n) is 11.9. The van der Waals surface area contributed by atoms with Crippen LogP contribution in [-0.2, 0) is 20.8 Å². The van der Waals surface area contributed by atoms with Gasteiger partial charge in [0, 0.05) is 16.4 Å². The van der Waals surface area contributed by atoms with Crippen molar-refractivity contribution >= 4 is 40.4 Å². The maximum Gasteiger partial charge on any atom is 0.326 e. The van der Waals surface area contributed by atoms with E-state index in [0.29, 0.717) is 6.42 Å². The monoisotopic (exact) mass is 419 g/mol. The third-order valence-electron chi connectivity index (χ3n) is 3.06. The van der Waals surface area contributed by atoms with Gasteiger partial charge in [-0.25, -0.2) is 4.79 Å². The average Bonchev–Trinajstić information content (AvgIpc) is 2.45. The molecule has 0 fully saturated rings. The van der Waals surface area contributed by atoms with Crippen molar-refractivity contribution in [2.75, 3.05) is 0 Å². The molecule has 1 aromatic rings. The molecule has 0 aliphatic rings. The van der Waals surface area contributed by atoms with Crippen LogP contribution in [0.2, 0.25) is 0 Å². The summed E-state index contributed by atoms with van der Waals surface area (Å²) < 4.78 is 1.14. The van der Waals surface area contributed by atoms with E-state index in [1.54, 1.807) is 0 Å². The molecule has 6 nitrogen and oxygen atoms in total. The molecule has 0 bridgehead atoms. The number of aryl methyl sites for hydroxylation is 1. The standard InChI is InChI=1S/C15H18INO5/c16-11-6-4-10(5-7-11)2-1-3-13(18)17-12(15(21)22)8-9-14(19)20/h4-7,12H,1-3,8-9H2,(H,17,18)(H,19,20)(H,21,22)/t12-/m0/s1. The van der Waals surface area contributed by atoms with E-state index in [4.69, 9.17) is 10.2 Å². The molecule has 1 amide bonds. The number of carbonyl (C=O) groups is 3. The lowest BCUT2D eigenvalue weighted by atomic mass is 10.1. The summed E-state index contributed by atoms with van der Waals surface area (Å²) in [5, 5.41) is 19.9. The van der Waals surface area contributed by atoms with E-state index >= 15 is 0 Å². The number of rotatable bonds is 9. The maximum atomic E-state index is 11.7. The number of hydrogen-bond donors (Lipinski definition) is 3. The number of carboxylic acid groups (broad SMARTS) is 2. The molecule has 0 aromatic heterocycles. The van der Waals surface area contributed by atoms with Crippen molar-refractivity contribution in [1.29, 1.82) is 0 Å². The van der Waals surface area contributed by atoms with Gasteiger partial charge >= 0.3 is 11.9 Å². The molecule has 0 saturated heterocycles. The van der Waals surface area contributed by atoms with Gasteiger partial charge in [-0.2, -0.15) is 0 Å². The molecular weight excluding hydrogens is 401 g/mol. The summed E-state index contributed by atoms with van der Waals surface area (Å²) in [5.41, 5.74) is 1.12. The zero-order valence-corrected chi connectivity index (χ0v) is 14.1. The van der Waals surface area contributed by atoms with Gasteiger partial charge in [0.05, 0.1) is 0 Å². The predicted molar refractivity (Wildman–Crippen MR) is 88.5 cm³/mol. The number of halogens is 1. The maximum absolute atomic E-state index is 11.7. The van der Waals surface area contributed by atoms with Crippen molar-refractivity contribution in [2.45, 2.75) is 38.1 Å². The van der Waals surface area contributed by atoms with Crippen molar-refractivity contribution < 1.29 is 24.6 Å². The van der Waals surface area contributed by atoms with Crippen molar-refractivity contribution in [1.82, 2.24) is 5.32 Å². The van der Waals surface area contributed by atoms with E-state index in [9.17, 15) is 14.4 Å². The van der Waals surface area contributed by atoms with Gasteiger partial charge in [0.15, 0.2) is 0 Å². The van der Waals surface area contributed by atoms with Gasteiger partial charge in [0.2, 0.25) is 5.91 Å². The van der Waals surface area contributed by atoms with Crippen LogP contribution in [-0.4, -0.2) is 34.1 Å². The van der Waals surface area contributed by atoms with Crippen LogP contribution >= 0.6 is 22.6 Å². The van der Waals surface area contributed by atoms with Crippen molar-refractivity contribution in [2.24, 2.45) is 0 Å².